The van der Waals surface area contributed by atoms with Crippen molar-refractivity contribution < 1.29 is 29.0 Å². The number of fused-ring (bicyclic) bond motifs is 3. The zero-order valence-electron chi connectivity index (χ0n) is 21.1. The number of nitrogens with zero attached hydrogens (tertiary/aromatic N) is 1. The molecule has 0 spiro atoms. The minimum Gasteiger partial charge on any atom is -0.504 e. The summed E-state index contributed by atoms with van der Waals surface area (Å²) in [6, 6.07) is 4.92. The number of benzene rings is 1. The molecule has 1 saturated heterocycles. The minimum atomic E-state index is -0.648. The molecule has 1 aromatic rings. The van der Waals surface area contributed by atoms with Crippen molar-refractivity contribution in [1.29, 1.82) is 0 Å². The number of carbonyl (C=O) groups excluding carboxylic acids is 4. The number of amides is 2. The Hall–Kier alpha value is -3.26. The molecule has 0 aromatic heterocycles. The van der Waals surface area contributed by atoms with Gasteiger partial charge >= 0.3 is 0 Å². The molecule has 2 amide bonds. The van der Waals surface area contributed by atoms with Crippen LogP contribution in [-0.2, 0) is 19.2 Å². The van der Waals surface area contributed by atoms with Gasteiger partial charge in [0.2, 0.25) is 11.8 Å². The van der Waals surface area contributed by atoms with Crippen LogP contribution in [0.1, 0.15) is 39.2 Å². The van der Waals surface area contributed by atoms with Crippen molar-refractivity contribution in [2.75, 3.05) is 7.11 Å². The van der Waals surface area contributed by atoms with Gasteiger partial charge in [-0.25, -0.2) is 0 Å². The largest absolute Gasteiger partial charge is 0.504 e. The first-order chi connectivity index (χ1) is 17.4. The van der Waals surface area contributed by atoms with Gasteiger partial charge in [-0.3, -0.25) is 24.1 Å². The first kappa shape index (κ1) is 25.4. The van der Waals surface area contributed by atoms with Crippen LogP contribution in [0.15, 0.2) is 57.6 Å². The molecule has 4 atom stereocenters. The summed E-state index contributed by atoms with van der Waals surface area (Å²) in [4.78, 5) is 54.7. The van der Waals surface area contributed by atoms with E-state index in [2.05, 4.69) is 15.9 Å². The highest BCUT2D eigenvalue weighted by Gasteiger charge is 2.57. The number of hydrogen-bond acceptors (Lipinski definition) is 6. The zero-order chi connectivity index (χ0) is 26.8. The van der Waals surface area contributed by atoms with E-state index in [-0.39, 0.29) is 46.0 Å². The number of hydrogen-bond donors (Lipinski definition) is 1. The van der Waals surface area contributed by atoms with Gasteiger partial charge in [-0.2, -0.15) is 0 Å². The standard InChI is InChI=1S/C29H28BrNO6/c1-29(2,3)31-27(35)17-9-8-15-16(7-5-14-6-10-21(32)23(11-14)37-4)24-19(12-18(15)25(17)28(31)36)26(34)20(30)13-22(24)33/h5-8,10-11,13,16-18,25,32H,9,12H2,1-4H3/t16-,17-,18+,25-/m0/s1. The number of phenolic OH excluding ortho intramolecular Hbond substituents is 1. The van der Waals surface area contributed by atoms with Crippen LogP contribution in [0.25, 0.3) is 6.08 Å². The molecule has 1 aliphatic heterocycles. The van der Waals surface area contributed by atoms with Crippen LogP contribution in [0.2, 0.25) is 0 Å². The molecule has 4 aliphatic rings. The van der Waals surface area contributed by atoms with Gasteiger partial charge in [0.05, 0.1) is 23.4 Å². The lowest BCUT2D eigenvalue weighted by atomic mass is 9.61. The van der Waals surface area contributed by atoms with Gasteiger partial charge in [0, 0.05) is 28.7 Å². The number of rotatable bonds is 3. The van der Waals surface area contributed by atoms with Crippen LogP contribution < -0.4 is 4.74 Å². The zero-order valence-corrected chi connectivity index (χ0v) is 22.7. The van der Waals surface area contributed by atoms with E-state index in [1.807, 2.05) is 39.0 Å². The molecule has 8 heteroatoms. The summed E-state index contributed by atoms with van der Waals surface area (Å²) in [5.74, 6) is -2.48. The Balaban J connectivity index is 1.61. The lowest BCUT2D eigenvalue weighted by molar-refractivity contribution is -0.145. The van der Waals surface area contributed by atoms with Gasteiger partial charge in [-0.05, 0) is 73.2 Å². The number of Topliss-reactive ketones (excluding diaryl/α,β-unsaturated/α-hetero) is 1. The van der Waals surface area contributed by atoms with Gasteiger partial charge in [0.15, 0.2) is 23.1 Å². The van der Waals surface area contributed by atoms with Crippen molar-refractivity contribution in [2.24, 2.45) is 23.7 Å². The Bertz CT molecular complexity index is 1370. The van der Waals surface area contributed by atoms with E-state index >= 15 is 0 Å². The summed E-state index contributed by atoms with van der Waals surface area (Å²) in [5.41, 5.74) is 1.80. The van der Waals surface area contributed by atoms with Gasteiger partial charge in [-0.15, -0.1) is 0 Å². The van der Waals surface area contributed by atoms with Crippen molar-refractivity contribution in [2.45, 2.75) is 39.2 Å². The van der Waals surface area contributed by atoms with Crippen LogP contribution >= 0.6 is 15.9 Å². The number of ether oxygens (including phenoxy) is 1. The molecule has 1 aromatic carbocycles. The molecule has 1 fully saturated rings. The monoisotopic (exact) mass is 565 g/mol. The van der Waals surface area contributed by atoms with E-state index in [0.717, 1.165) is 11.1 Å². The summed E-state index contributed by atoms with van der Waals surface area (Å²) >= 11 is 3.23. The highest BCUT2D eigenvalue weighted by Crippen LogP contribution is 2.53. The topological polar surface area (TPSA) is 101 Å². The maximum atomic E-state index is 13.6. The van der Waals surface area contributed by atoms with E-state index in [1.54, 1.807) is 12.1 Å². The van der Waals surface area contributed by atoms with E-state index in [4.69, 9.17) is 4.74 Å². The average molecular weight is 566 g/mol. The molecule has 0 saturated carbocycles. The molecule has 37 heavy (non-hydrogen) atoms. The second-order valence-corrected chi connectivity index (χ2v) is 11.8. The third-order valence-electron chi connectivity index (χ3n) is 7.74. The molecule has 1 N–H and O–H groups in total. The van der Waals surface area contributed by atoms with Crippen LogP contribution in [0.3, 0.4) is 0 Å². The molecule has 3 aliphatic carbocycles. The molecule has 1 heterocycles. The Morgan fingerprint density at radius 3 is 2.51 bits per heavy atom. The quantitative estimate of drug-likeness (QED) is 0.329. The van der Waals surface area contributed by atoms with E-state index in [9.17, 15) is 24.3 Å². The fraction of sp³-hybridized carbons (Fsp3) is 0.379. The number of imide groups is 1. The molecule has 0 radical (unpaired) electrons. The summed E-state index contributed by atoms with van der Waals surface area (Å²) in [6.45, 7) is 5.54. The highest BCUT2D eigenvalue weighted by molar-refractivity contribution is 9.12. The molecule has 0 unspecified atom stereocenters. The van der Waals surface area contributed by atoms with Gasteiger partial charge in [0.1, 0.15) is 0 Å². The number of allylic oxidation sites excluding steroid dienone is 7. The normalized spacial score (nSPS) is 27.8. The van der Waals surface area contributed by atoms with Crippen molar-refractivity contribution in [3.63, 3.8) is 0 Å². The van der Waals surface area contributed by atoms with Crippen LogP contribution in [0.5, 0.6) is 11.5 Å². The van der Waals surface area contributed by atoms with E-state index < -0.39 is 23.3 Å². The third-order valence-corrected chi connectivity index (χ3v) is 8.32. The summed E-state index contributed by atoms with van der Waals surface area (Å²) in [7, 11) is 1.46. The molecule has 7 nitrogen and oxygen atoms in total. The van der Waals surface area contributed by atoms with Gasteiger partial charge < -0.3 is 9.84 Å². The smallest absolute Gasteiger partial charge is 0.234 e. The Kier molecular flexibility index (Phi) is 6.14. The number of carbonyl (C=O) groups is 4. The Morgan fingerprint density at radius 1 is 1.11 bits per heavy atom. The third kappa shape index (κ3) is 4.02. The molecular formula is C29H28BrNO6. The summed E-state index contributed by atoms with van der Waals surface area (Å²) < 4.78 is 5.41. The van der Waals surface area contributed by atoms with Crippen LogP contribution in [0, 0.1) is 23.7 Å². The second-order valence-electron chi connectivity index (χ2n) is 10.9. The van der Waals surface area contributed by atoms with Gasteiger partial charge in [-0.1, -0.05) is 29.9 Å². The van der Waals surface area contributed by atoms with Crippen LogP contribution in [-0.4, -0.2) is 46.0 Å². The highest BCUT2D eigenvalue weighted by atomic mass is 79.9. The SMILES string of the molecule is COc1cc(C=C[C@H]2C3=CC[C@@H]4C(=O)N(C(C)(C)C)C(=O)[C@@H]4[C@@H]3CC3=C2C(=O)C=C(Br)C3=O)ccc1O. The summed E-state index contributed by atoms with van der Waals surface area (Å²) in [5, 5.41) is 9.94. The van der Waals surface area contributed by atoms with Crippen LogP contribution in [0.4, 0.5) is 0 Å². The lowest BCUT2D eigenvalue weighted by Crippen LogP contribution is -2.46. The number of methoxy groups -OCH3 is 1. The number of likely N-dealkylation sites (tertiary alicyclic amines) is 1. The van der Waals surface area contributed by atoms with E-state index in [1.165, 1.54) is 24.2 Å². The Labute approximate surface area is 223 Å². The first-order valence-electron chi connectivity index (χ1n) is 12.3. The predicted octanol–water partition coefficient (Wildman–Crippen LogP) is 4.51. The molecule has 0 bridgehead atoms. The first-order valence-corrected chi connectivity index (χ1v) is 13.1. The molecule has 5 rings (SSSR count). The van der Waals surface area contributed by atoms with E-state index in [0.29, 0.717) is 23.3 Å². The fourth-order valence-electron chi connectivity index (χ4n) is 6.15. The molecular weight excluding hydrogens is 538 g/mol. The average Bonchev–Trinajstić information content (AvgIpc) is 3.11. The van der Waals surface area contributed by atoms with Crippen molar-refractivity contribution >= 4 is 45.4 Å². The number of phenols is 1. The maximum absolute atomic E-state index is 13.6. The summed E-state index contributed by atoms with van der Waals surface area (Å²) in [6.07, 6.45) is 7.63. The Morgan fingerprint density at radius 2 is 1.84 bits per heavy atom. The molecule has 192 valence electrons. The lowest BCUT2D eigenvalue weighted by Gasteiger charge is -2.41. The van der Waals surface area contributed by atoms with Crippen molar-refractivity contribution in [3.05, 3.63) is 63.2 Å². The van der Waals surface area contributed by atoms with Crippen molar-refractivity contribution in [1.82, 2.24) is 4.90 Å². The maximum Gasteiger partial charge on any atom is 0.234 e. The van der Waals surface area contributed by atoms with Crippen molar-refractivity contribution in [3.8, 4) is 11.5 Å². The number of halogens is 1. The minimum absolute atomic E-state index is 0.0132. The second kappa shape index (κ2) is 8.94. The number of aromatic hydroxyl groups is 1. The fourth-order valence-corrected chi connectivity index (χ4v) is 6.60. The van der Waals surface area contributed by atoms with Gasteiger partial charge in [0.25, 0.3) is 0 Å². The predicted molar refractivity (Wildman–Crippen MR) is 141 cm³/mol. The number of ketones is 2.